The van der Waals surface area contributed by atoms with Gasteiger partial charge < -0.3 is 25.0 Å². The van der Waals surface area contributed by atoms with Crippen molar-refractivity contribution in [3.8, 4) is 0 Å². The largest absolute Gasteiger partial charge is 0.477 e. The zero-order chi connectivity index (χ0) is 22.3. The minimum atomic E-state index is -1.49. The average molecular weight is 436 g/mol. The van der Waals surface area contributed by atoms with E-state index in [9.17, 15) is 23.5 Å². The van der Waals surface area contributed by atoms with Crippen LogP contribution in [0.5, 0.6) is 0 Å². The number of aliphatic hydroxyl groups excluding tert-OH is 1. The first-order chi connectivity index (χ1) is 14.8. The van der Waals surface area contributed by atoms with Crippen molar-refractivity contribution in [3.05, 3.63) is 45.8 Å². The number of pyridine rings is 2. The van der Waals surface area contributed by atoms with Gasteiger partial charge in [-0.05, 0) is 12.1 Å². The predicted molar refractivity (Wildman–Crippen MR) is 107 cm³/mol. The Bertz CT molecular complexity index is 1240. The fourth-order valence-electron chi connectivity index (χ4n) is 3.80. The summed E-state index contributed by atoms with van der Waals surface area (Å²) < 4.78 is 44.2. The van der Waals surface area contributed by atoms with E-state index in [2.05, 4.69) is 10.3 Å². The molecule has 0 amide bonds. The highest BCUT2D eigenvalue weighted by Gasteiger charge is 2.31. The van der Waals surface area contributed by atoms with E-state index in [0.29, 0.717) is 19.6 Å². The number of carbonyl (C=O) groups is 1. The topological polar surface area (TPSA) is 108 Å². The standard InChI is InChI=1S/C20H19F3N4O4/c21-1-3-26-9-13(20(30)31)18(29)12-5-10-6-14(22)17(15(23)16(10)25-19(12)26)27-7-11(8-27)24-2-4-28/h5-6,9,11,24,28H,1-4,7-8H2,(H,30,31). The fraction of sp³-hybridized carbons (Fsp3) is 0.350. The normalized spacial score (nSPS) is 14.4. The molecule has 1 saturated heterocycles. The zero-order valence-corrected chi connectivity index (χ0v) is 16.2. The molecule has 3 heterocycles. The zero-order valence-electron chi connectivity index (χ0n) is 16.2. The lowest BCUT2D eigenvalue weighted by atomic mass is 10.0. The molecule has 0 aliphatic carbocycles. The van der Waals surface area contributed by atoms with Gasteiger partial charge in [-0.25, -0.2) is 22.9 Å². The highest BCUT2D eigenvalue weighted by Crippen LogP contribution is 2.33. The summed E-state index contributed by atoms with van der Waals surface area (Å²) in [6.45, 7) is -0.141. The molecule has 1 aromatic carbocycles. The smallest absolute Gasteiger partial charge is 0.341 e. The van der Waals surface area contributed by atoms with Gasteiger partial charge in [0, 0.05) is 37.3 Å². The molecular formula is C20H19F3N4O4. The van der Waals surface area contributed by atoms with Crippen molar-refractivity contribution in [2.45, 2.75) is 12.6 Å². The minimum Gasteiger partial charge on any atom is -0.477 e. The molecule has 0 atom stereocenters. The van der Waals surface area contributed by atoms with Gasteiger partial charge in [0.05, 0.1) is 18.5 Å². The molecule has 31 heavy (non-hydrogen) atoms. The number of rotatable bonds is 7. The van der Waals surface area contributed by atoms with E-state index in [4.69, 9.17) is 5.11 Å². The highest BCUT2D eigenvalue weighted by atomic mass is 19.1. The van der Waals surface area contributed by atoms with Gasteiger partial charge >= 0.3 is 5.97 Å². The van der Waals surface area contributed by atoms with E-state index in [0.717, 1.165) is 16.8 Å². The van der Waals surface area contributed by atoms with Crippen LogP contribution in [-0.2, 0) is 6.54 Å². The van der Waals surface area contributed by atoms with Crippen LogP contribution in [0.2, 0.25) is 0 Å². The number of anilines is 1. The molecule has 0 radical (unpaired) electrons. The number of alkyl halides is 1. The van der Waals surface area contributed by atoms with E-state index in [1.807, 2.05) is 0 Å². The van der Waals surface area contributed by atoms with Crippen LogP contribution in [0.25, 0.3) is 21.9 Å². The summed E-state index contributed by atoms with van der Waals surface area (Å²) in [4.78, 5) is 29.6. The van der Waals surface area contributed by atoms with Crippen LogP contribution in [0.15, 0.2) is 23.1 Å². The maximum Gasteiger partial charge on any atom is 0.341 e. The van der Waals surface area contributed by atoms with Crippen molar-refractivity contribution in [1.29, 1.82) is 0 Å². The first-order valence-corrected chi connectivity index (χ1v) is 9.60. The molecule has 11 heteroatoms. The number of fused-ring (bicyclic) bond motifs is 2. The predicted octanol–water partition coefficient (Wildman–Crippen LogP) is 1.27. The van der Waals surface area contributed by atoms with Crippen LogP contribution in [0.1, 0.15) is 10.4 Å². The van der Waals surface area contributed by atoms with Crippen LogP contribution in [0.4, 0.5) is 18.9 Å². The summed E-state index contributed by atoms with van der Waals surface area (Å²) >= 11 is 0. The summed E-state index contributed by atoms with van der Waals surface area (Å²) in [5.41, 5.74) is -1.99. The molecule has 1 fully saturated rings. The number of nitrogens with one attached hydrogen (secondary N) is 1. The van der Waals surface area contributed by atoms with Crippen molar-refractivity contribution in [1.82, 2.24) is 14.9 Å². The quantitative estimate of drug-likeness (QED) is 0.479. The molecule has 3 N–H and O–H groups in total. The highest BCUT2D eigenvalue weighted by molar-refractivity contribution is 5.97. The summed E-state index contributed by atoms with van der Waals surface area (Å²) in [6, 6.07) is 2.20. The number of carboxylic acids is 1. The number of aromatic carboxylic acids is 1. The second-order valence-corrected chi connectivity index (χ2v) is 7.29. The maximum absolute atomic E-state index is 15.3. The molecule has 0 spiro atoms. The van der Waals surface area contributed by atoms with Gasteiger partial charge in [0.1, 0.15) is 34.9 Å². The number of aromatic nitrogens is 2. The van der Waals surface area contributed by atoms with E-state index < -0.39 is 35.3 Å². The van der Waals surface area contributed by atoms with Gasteiger partial charge in [-0.1, -0.05) is 0 Å². The third-order valence-electron chi connectivity index (χ3n) is 5.30. The van der Waals surface area contributed by atoms with E-state index in [1.54, 1.807) is 0 Å². The lowest BCUT2D eigenvalue weighted by molar-refractivity contribution is 0.0694. The molecule has 3 aromatic rings. The number of hydrogen-bond acceptors (Lipinski definition) is 6. The van der Waals surface area contributed by atoms with Crippen molar-refractivity contribution in [2.24, 2.45) is 0 Å². The Morgan fingerprint density at radius 3 is 2.68 bits per heavy atom. The Balaban J connectivity index is 1.86. The van der Waals surface area contributed by atoms with Gasteiger partial charge in [0.15, 0.2) is 5.82 Å². The van der Waals surface area contributed by atoms with Crippen LogP contribution < -0.4 is 15.6 Å². The molecule has 0 unspecified atom stereocenters. The van der Waals surface area contributed by atoms with Gasteiger partial charge in [-0.2, -0.15) is 0 Å². The van der Waals surface area contributed by atoms with Crippen molar-refractivity contribution in [2.75, 3.05) is 37.8 Å². The van der Waals surface area contributed by atoms with Gasteiger partial charge in [0.25, 0.3) is 0 Å². The molecule has 164 valence electrons. The van der Waals surface area contributed by atoms with Crippen LogP contribution in [-0.4, -0.2) is 64.7 Å². The van der Waals surface area contributed by atoms with Crippen molar-refractivity contribution in [3.63, 3.8) is 0 Å². The van der Waals surface area contributed by atoms with Crippen LogP contribution >= 0.6 is 0 Å². The lowest BCUT2D eigenvalue weighted by Gasteiger charge is -2.41. The molecule has 4 rings (SSSR count). The minimum absolute atomic E-state index is 0.00633. The Morgan fingerprint density at radius 2 is 2.03 bits per heavy atom. The Kier molecular flexibility index (Phi) is 5.54. The summed E-state index contributed by atoms with van der Waals surface area (Å²) in [6.07, 6.45) is 0.973. The van der Waals surface area contributed by atoms with Gasteiger partial charge in [-0.15, -0.1) is 0 Å². The number of aliphatic hydroxyl groups is 1. The monoisotopic (exact) mass is 436 g/mol. The Labute approximate surface area is 173 Å². The second-order valence-electron chi connectivity index (χ2n) is 7.29. The number of benzene rings is 1. The number of carboxylic acid groups (broad SMARTS) is 1. The second kappa shape index (κ2) is 8.16. The third-order valence-corrected chi connectivity index (χ3v) is 5.30. The average Bonchev–Trinajstić information content (AvgIpc) is 2.70. The Morgan fingerprint density at radius 1 is 1.29 bits per heavy atom. The molecule has 1 aliphatic rings. The van der Waals surface area contributed by atoms with E-state index >= 15 is 4.39 Å². The van der Waals surface area contributed by atoms with Gasteiger partial charge in [0.2, 0.25) is 5.43 Å². The summed E-state index contributed by atoms with van der Waals surface area (Å²) in [5, 5.41) is 21.0. The van der Waals surface area contributed by atoms with Gasteiger partial charge in [-0.3, -0.25) is 4.79 Å². The number of halogens is 3. The third kappa shape index (κ3) is 3.59. The van der Waals surface area contributed by atoms with Crippen molar-refractivity contribution >= 4 is 33.6 Å². The van der Waals surface area contributed by atoms with E-state index in [-0.39, 0.29) is 46.8 Å². The molecule has 8 nitrogen and oxygen atoms in total. The number of hydrogen-bond donors (Lipinski definition) is 3. The first-order valence-electron chi connectivity index (χ1n) is 9.60. The van der Waals surface area contributed by atoms with Crippen LogP contribution in [0.3, 0.4) is 0 Å². The summed E-state index contributed by atoms with van der Waals surface area (Å²) in [7, 11) is 0. The fourth-order valence-corrected chi connectivity index (χ4v) is 3.80. The number of nitrogens with zero attached hydrogens (tertiary/aromatic N) is 3. The number of aryl methyl sites for hydroxylation is 1. The molecular weight excluding hydrogens is 417 g/mol. The summed E-state index contributed by atoms with van der Waals surface area (Å²) in [5.74, 6) is -3.25. The van der Waals surface area contributed by atoms with Crippen molar-refractivity contribution < 1.29 is 28.2 Å². The van der Waals surface area contributed by atoms with Crippen LogP contribution in [0, 0.1) is 11.6 Å². The molecule has 0 saturated carbocycles. The molecule has 0 bridgehead atoms. The Hall–Kier alpha value is -3.18. The molecule has 2 aromatic heterocycles. The lowest BCUT2D eigenvalue weighted by Crippen LogP contribution is -2.59. The molecule has 1 aliphatic heterocycles. The van der Waals surface area contributed by atoms with E-state index in [1.165, 1.54) is 11.0 Å². The maximum atomic E-state index is 15.3. The first kappa shape index (κ1) is 21.1. The SMILES string of the molecule is O=C(O)c1cn(CCF)c2nc3c(F)c(N4CC(NCCO)C4)c(F)cc3cc2c1=O.